The Bertz CT molecular complexity index is 927. The molecule has 0 saturated carbocycles. The molecule has 0 bridgehead atoms. The van der Waals surface area contributed by atoms with Crippen molar-refractivity contribution < 1.29 is 9.59 Å². The van der Waals surface area contributed by atoms with Crippen LogP contribution in [-0.2, 0) is 11.3 Å². The molecular formula is C20H19N5O2. The highest BCUT2D eigenvalue weighted by Gasteiger charge is 2.09. The van der Waals surface area contributed by atoms with Crippen LogP contribution in [0.5, 0.6) is 0 Å². The van der Waals surface area contributed by atoms with Gasteiger partial charge in [-0.05, 0) is 35.9 Å². The summed E-state index contributed by atoms with van der Waals surface area (Å²) in [4.78, 5) is 31.7. The zero-order valence-electron chi connectivity index (χ0n) is 14.8. The van der Waals surface area contributed by atoms with Crippen LogP contribution in [0.4, 0.5) is 17.3 Å². The lowest BCUT2D eigenvalue weighted by Crippen LogP contribution is -2.24. The van der Waals surface area contributed by atoms with Crippen molar-refractivity contribution in [3.05, 3.63) is 78.1 Å². The zero-order valence-corrected chi connectivity index (χ0v) is 14.8. The van der Waals surface area contributed by atoms with Gasteiger partial charge >= 0.3 is 0 Å². The highest BCUT2D eigenvalue weighted by atomic mass is 16.2. The lowest BCUT2D eigenvalue weighted by atomic mass is 10.2. The molecule has 3 aromatic rings. The Morgan fingerprint density at radius 1 is 0.926 bits per heavy atom. The molecule has 7 nitrogen and oxygen atoms in total. The van der Waals surface area contributed by atoms with Crippen LogP contribution in [0.2, 0.25) is 0 Å². The second-order valence-corrected chi connectivity index (χ2v) is 5.82. The number of hydrogen-bond donors (Lipinski definition) is 3. The second-order valence-electron chi connectivity index (χ2n) is 5.82. The van der Waals surface area contributed by atoms with E-state index >= 15 is 0 Å². The van der Waals surface area contributed by atoms with E-state index in [9.17, 15) is 9.59 Å². The van der Waals surface area contributed by atoms with Crippen molar-refractivity contribution in [2.45, 2.75) is 13.5 Å². The third kappa shape index (κ3) is 5.37. The maximum absolute atomic E-state index is 12.3. The smallest absolute Gasteiger partial charge is 0.270 e. The number of rotatable bonds is 6. The van der Waals surface area contributed by atoms with E-state index in [1.807, 2.05) is 30.3 Å². The summed E-state index contributed by atoms with van der Waals surface area (Å²) in [6.07, 6.45) is 1.53. The summed E-state index contributed by atoms with van der Waals surface area (Å²) < 4.78 is 0. The second kappa shape index (κ2) is 8.57. The Kier molecular flexibility index (Phi) is 5.73. The molecule has 1 aromatic heterocycles. The molecule has 7 heteroatoms. The standard InChI is InChI=1S/C20H19N5O2/c1-14(26)23-16-7-9-17(10-8-16)24-20-21-12-11-18(25-20)19(27)22-13-15-5-3-2-4-6-15/h2-12H,13H2,1H3,(H,22,27)(H,23,26)(H,21,24,25). The molecule has 2 aromatic carbocycles. The summed E-state index contributed by atoms with van der Waals surface area (Å²) in [6.45, 7) is 1.88. The number of benzene rings is 2. The van der Waals surface area contributed by atoms with Gasteiger partial charge in [0.2, 0.25) is 11.9 Å². The average Bonchev–Trinajstić information content (AvgIpc) is 2.68. The molecule has 0 aliphatic heterocycles. The van der Waals surface area contributed by atoms with Crippen LogP contribution in [0.15, 0.2) is 66.9 Å². The van der Waals surface area contributed by atoms with Crippen LogP contribution in [0.3, 0.4) is 0 Å². The highest BCUT2D eigenvalue weighted by Crippen LogP contribution is 2.16. The van der Waals surface area contributed by atoms with E-state index in [4.69, 9.17) is 0 Å². The lowest BCUT2D eigenvalue weighted by Gasteiger charge is -2.08. The van der Waals surface area contributed by atoms with Crippen LogP contribution in [-0.4, -0.2) is 21.8 Å². The van der Waals surface area contributed by atoms with Crippen molar-refractivity contribution in [1.82, 2.24) is 15.3 Å². The first-order chi connectivity index (χ1) is 13.1. The maximum atomic E-state index is 12.3. The number of carbonyl (C=O) groups excluding carboxylic acids is 2. The SMILES string of the molecule is CC(=O)Nc1ccc(Nc2nccc(C(=O)NCc3ccccc3)n2)cc1. The van der Waals surface area contributed by atoms with Crippen molar-refractivity contribution in [2.24, 2.45) is 0 Å². The number of nitrogens with zero attached hydrogens (tertiary/aromatic N) is 2. The number of amides is 2. The first-order valence-corrected chi connectivity index (χ1v) is 8.40. The normalized spacial score (nSPS) is 10.1. The van der Waals surface area contributed by atoms with E-state index in [1.165, 1.54) is 13.1 Å². The third-order valence-electron chi connectivity index (χ3n) is 3.65. The van der Waals surface area contributed by atoms with E-state index in [1.54, 1.807) is 30.3 Å². The molecule has 0 spiro atoms. The van der Waals surface area contributed by atoms with Crippen LogP contribution in [0, 0.1) is 0 Å². The molecule has 3 N–H and O–H groups in total. The Labute approximate surface area is 156 Å². The summed E-state index contributed by atoms with van der Waals surface area (Å²) in [7, 11) is 0. The fourth-order valence-corrected chi connectivity index (χ4v) is 2.38. The third-order valence-corrected chi connectivity index (χ3v) is 3.65. The number of carbonyl (C=O) groups is 2. The summed E-state index contributed by atoms with van der Waals surface area (Å²) in [5, 5.41) is 8.57. The molecule has 3 rings (SSSR count). The van der Waals surface area contributed by atoms with Gasteiger partial charge in [-0.1, -0.05) is 30.3 Å². The van der Waals surface area contributed by atoms with Gasteiger partial charge in [-0.25, -0.2) is 9.97 Å². The van der Waals surface area contributed by atoms with E-state index in [-0.39, 0.29) is 17.5 Å². The minimum absolute atomic E-state index is 0.131. The lowest BCUT2D eigenvalue weighted by molar-refractivity contribution is -0.114. The van der Waals surface area contributed by atoms with Gasteiger partial charge in [0.25, 0.3) is 5.91 Å². The number of hydrogen-bond acceptors (Lipinski definition) is 5. The molecule has 0 radical (unpaired) electrons. The molecule has 0 atom stereocenters. The van der Waals surface area contributed by atoms with E-state index < -0.39 is 0 Å². The van der Waals surface area contributed by atoms with Gasteiger partial charge in [0.15, 0.2) is 0 Å². The van der Waals surface area contributed by atoms with Crippen molar-refractivity contribution in [3.8, 4) is 0 Å². The van der Waals surface area contributed by atoms with Crippen LogP contribution in [0.25, 0.3) is 0 Å². The molecule has 2 amide bonds. The van der Waals surface area contributed by atoms with Gasteiger partial charge in [0.1, 0.15) is 5.69 Å². The van der Waals surface area contributed by atoms with Crippen molar-refractivity contribution in [3.63, 3.8) is 0 Å². The molecule has 0 aliphatic carbocycles. The Balaban J connectivity index is 1.62. The minimum atomic E-state index is -0.273. The molecular weight excluding hydrogens is 342 g/mol. The Hall–Kier alpha value is -3.74. The van der Waals surface area contributed by atoms with Crippen molar-refractivity contribution in [1.29, 1.82) is 0 Å². The summed E-state index contributed by atoms with van der Waals surface area (Å²) >= 11 is 0. The quantitative estimate of drug-likeness (QED) is 0.627. The summed E-state index contributed by atoms with van der Waals surface area (Å²) in [5.41, 5.74) is 2.73. The van der Waals surface area contributed by atoms with Gasteiger partial charge in [-0.15, -0.1) is 0 Å². The fraction of sp³-hybridized carbons (Fsp3) is 0.100. The van der Waals surface area contributed by atoms with Gasteiger partial charge in [0, 0.05) is 31.0 Å². The van der Waals surface area contributed by atoms with E-state index in [2.05, 4.69) is 25.9 Å². The number of aromatic nitrogens is 2. The first-order valence-electron chi connectivity index (χ1n) is 8.40. The molecule has 1 heterocycles. The van der Waals surface area contributed by atoms with Crippen LogP contribution < -0.4 is 16.0 Å². The van der Waals surface area contributed by atoms with Gasteiger partial charge < -0.3 is 16.0 Å². The van der Waals surface area contributed by atoms with Crippen molar-refractivity contribution in [2.75, 3.05) is 10.6 Å². The molecule has 136 valence electrons. The van der Waals surface area contributed by atoms with E-state index in [0.717, 1.165) is 11.3 Å². The summed E-state index contributed by atoms with van der Waals surface area (Å²) in [6, 6.07) is 18.3. The van der Waals surface area contributed by atoms with Crippen LogP contribution in [0.1, 0.15) is 23.0 Å². The molecule has 0 aliphatic rings. The monoisotopic (exact) mass is 361 g/mol. The highest BCUT2D eigenvalue weighted by molar-refractivity contribution is 5.92. The predicted molar refractivity (Wildman–Crippen MR) is 104 cm³/mol. The number of anilines is 3. The van der Waals surface area contributed by atoms with Gasteiger partial charge in [0.05, 0.1) is 0 Å². The predicted octanol–water partition coefficient (Wildman–Crippen LogP) is 3.11. The fourth-order valence-electron chi connectivity index (χ4n) is 2.38. The molecule has 27 heavy (non-hydrogen) atoms. The average molecular weight is 361 g/mol. The molecule has 0 unspecified atom stereocenters. The zero-order chi connectivity index (χ0) is 19.1. The van der Waals surface area contributed by atoms with Crippen molar-refractivity contribution >= 4 is 29.1 Å². The number of nitrogens with one attached hydrogen (secondary N) is 3. The van der Waals surface area contributed by atoms with Gasteiger partial charge in [-0.2, -0.15) is 0 Å². The minimum Gasteiger partial charge on any atom is -0.347 e. The van der Waals surface area contributed by atoms with Crippen LogP contribution >= 0.6 is 0 Å². The maximum Gasteiger partial charge on any atom is 0.270 e. The topological polar surface area (TPSA) is 96.0 Å². The summed E-state index contributed by atoms with van der Waals surface area (Å²) in [5.74, 6) is -0.0896. The Morgan fingerprint density at radius 3 is 2.33 bits per heavy atom. The first kappa shape index (κ1) is 18.1. The van der Waals surface area contributed by atoms with Gasteiger partial charge in [-0.3, -0.25) is 9.59 Å². The Morgan fingerprint density at radius 2 is 1.63 bits per heavy atom. The van der Waals surface area contributed by atoms with E-state index in [0.29, 0.717) is 18.2 Å². The largest absolute Gasteiger partial charge is 0.347 e. The molecule has 0 saturated heterocycles. The molecule has 0 fully saturated rings.